The molecule has 7 heteroatoms. The van der Waals surface area contributed by atoms with Crippen LogP contribution in [0, 0.1) is 10.1 Å². The number of non-ortho nitro benzene ring substituents is 1. The second kappa shape index (κ2) is 4.99. The van der Waals surface area contributed by atoms with Crippen LogP contribution < -0.4 is 0 Å². The first-order valence-corrected chi connectivity index (χ1v) is 5.43. The zero-order chi connectivity index (χ0) is 13.3. The van der Waals surface area contributed by atoms with E-state index in [1.54, 1.807) is 0 Å². The predicted molar refractivity (Wildman–Crippen MR) is 59.6 cm³/mol. The fourth-order valence-corrected chi connectivity index (χ4v) is 1.88. The summed E-state index contributed by atoms with van der Waals surface area (Å²) in [6, 6.07) is 5.64. The zero-order valence-corrected chi connectivity index (χ0v) is 9.34. The standard InChI is InChI=1S/C11H13NO6/c13-8-5-9(18-11(15)10(8)14)6-1-3-7(4-2-6)12(16)17/h1-4,8-11,13-15H,5H2/t8-,9-,10+,11?/m0/s1. The van der Waals surface area contributed by atoms with Crippen molar-refractivity contribution < 1.29 is 25.0 Å². The van der Waals surface area contributed by atoms with E-state index in [4.69, 9.17) is 4.74 Å². The van der Waals surface area contributed by atoms with Crippen LogP contribution in [0.3, 0.4) is 0 Å². The molecule has 98 valence electrons. The highest BCUT2D eigenvalue weighted by Gasteiger charge is 2.36. The van der Waals surface area contributed by atoms with Crippen LogP contribution >= 0.6 is 0 Å². The number of aliphatic hydroxyl groups excluding tert-OH is 3. The summed E-state index contributed by atoms with van der Waals surface area (Å²) in [7, 11) is 0. The second-order valence-electron chi connectivity index (χ2n) is 4.16. The van der Waals surface area contributed by atoms with Crippen LogP contribution in [0.15, 0.2) is 24.3 Å². The summed E-state index contributed by atoms with van der Waals surface area (Å²) in [4.78, 5) is 9.98. The molecule has 1 unspecified atom stereocenters. The minimum atomic E-state index is -1.46. The highest BCUT2D eigenvalue weighted by atomic mass is 16.6. The largest absolute Gasteiger partial charge is 0.390 e. The van der Waals surface area contributed by atoms with Crippen LogP contribution in [0.1, 0.15) is 18.1 Å². The van der Waals surface area contributed by atoms with Crippen molar-refractivity contribution in [1.29, 1.82) is 0 Å². The van der Waals surface area contributed by atoms with Crippen LogP contribution in [0.25, 0.3) is 0 Å². The second-order valence-corrected chi connectivity index (χ2v) is 4.16. The molecule has 7 nitrogen and oxygen atoms in total. The Labute approximate surface area is 102 Å². The van der Waals surface area contributed by atoms with Gasteiger partial charge in [-0.15, -0.1) is 0 Å². The minimum absolute atomic E-state index is 0.0457. The molecule has 2 rings (SSSR count). The summed E-state index contributed by atoms with van der Waals surface area (Å²) in [5, 5.41) is 38.7. The van der Waals surface area contributed by atoms with Crippen molar-refractivity contribution in [3.8, 4) is 0 Å². The van der Waals surface area contributed by atoms with Gasteiger partial charge in [-0.2, -0.15) is 0 Å². The highest BCUT2D eigenvalue weighted by Crippen LogP contribution is 2.31. The van der Waals surface area contributed by atoms with E-state index in [1.807, 2.05) is 0 Å². The minimum Gasteiger partial charge on any atom is -0.390 e. The molecule has 4 atom stereocenters. The molecule has 0 saturated carbocycles. The molecule has 1 saturated heterocycles. The van der Waals surface area contributed by atoms with Gasteiger partial charge in [0.15, 0.2) is 6.29 Å². The van der Waals surface area contributed by atoms with Gasteiger partial charge in [0.05, 0.1) is 17.1 Å². The summed E-state index contributed by atoms with van der Waals surface area (Å²) in [6.07, 6.45) is -4.36. The average molecular weight is 255 g/mol. The number of benzene rings is 1. The molecule has 0 radical (unpaired) electrons. The molecule has 0 spiro atoms. The Balaban J connectivity index is 2.14. The van der Waals surface area contributed by atoms with E-state index in [1.165, 1.54) is 24.3 Å². The number of nitrogens with zero attached hydrogens (tertiary/aromatic N) is 1. The summed E-state index contributed by atoms with van der Waals surface area (Å²) >= 11 is 0. The van der Waals surface area contributed by atoms with Gasteiger partial charge < -0.3 is 20.1 Å². The van der Waals surface area contributed by atoms with Crippen molar-refractivity contribution in [3.63, 3.8) is 0 Å². The maximum absolute atomic E-state index is 10.5. The molecular formula is C11H13NO6. The van der Waals surface area contributed by atoms with Gasteiger partial charge >= 0.3 is 0 Å². The fraction of sp³-hybridized carbons (Fsp3) is 0.455. The average Bonchev–Trinajstić information content (AvgIpc) is 2.35. The van der Waals surface area contributed by atoms with Crippen molar-refractivity contribution in [3.05, 3.63) is 39.9 Å². The number of rotatable bonds is 2. The lowest BCUT2D eigenvalue weighted by Gasteiger charge is -2.34. The van der Waals surface area contributed by atoms with Gasteiger partial charge in [0, 0.05) is 18.6 Å². The third-order valence-electron chi connectivity index (χ3n) is 2.92. The van der Waals surface area contributed by atoms with Gasteiger partial charge in [-0.25, -0.2) is 0 Å². The molecule has 1 heterocycles. The van der Waals surface area contributed by atoms with Gasteiger partial charge in [0.2, 0.25) is 0 Å². The van der Waals surface area contributed by atoms with Crippen LogP contribution in [0.2, 0.25) is 0 Å². The smallest absolute Gasteiger partial charge is 0.269 e. The van der Waals surface area contributed by atoms with E-state index < -0.39 is 29.5 Å². The number of aliphatic hydroxyl groups is 3. The molecule has 1 aliphatic rings. The van der Waals surface area contributed by atoms with Crippen molar-refractivity contribution >= 4 is 5.69 Å². The molecule has 0 aromatic heterocycles. The van der Waals surface area contributed by atoms with E-state index in [0.29, 0.717) is 5.56 Å². The number of nitro groups is 1. The van der Waals surface area contributed by atoms with Crippen LogP contribution in [0.5, 0.6) is 0 Å². The molecule has 1 aromatic rings. The van der Waals surface area contributed by atoms with Gasteiger partial charge in [-0.3, -0.25) is 10.1 Å². The lowest BCUT2D eigenvalue weighted by atomic mass is 9.97. The molecular weight excluding hydrogens is 242 g/mol. The van der Waals surface area contributed by atoms with Gasteiger partial charge in [-0.1, -0.05) is 0 Å². The number of hydrogen-bond acceptors (Lipinski definition) is 6. The molecule has 1 fully saturated rings. The maximum atomic E-state index is 10.5. The zero-order valence-electron chi connectivity index (χ0n) is 9.34. The third kappa shape index (κ3) is 2.49. The van der Waals surface area contributed by atoms with Crippen LogP contribution in [-0.2, 0) is 4.74 Å². The summed E-state index contributed by atoms with van der Waals surface area (Å²) < 4.78 is 5.13. The van der Waals surface area contributed by atoms with Crippen LogP contribution in [-0.4, -0.2) is 38.7 Å². The van der Waals surface area contributed by atoms with Crippen molar-refractivity contribution in [2.45, 2.75) is 31.0 Å². The quantitative estimate of drug-likeness (QED) is 0.510. The summed E-state index contributed by atoms with van der Waals surface area (Å²) in [5.74, 6) is 0. The van der Waals surface area contributed by atoms with E-state index in [-0.39, 0.29) is 12.1 Å². The van der Waals surface area contributed by atoms with E-state index in [9.17, 15) is 25.4 Å². The Hall–Kier alpha value is -1.54. The number of nitro benzene ring substituents is 1. The number of hydrogen-bond donors (Lipinski definition) is 3. The Bertz CT molecular complexity index is 422. The lowest BCUT2D eigenvalue weighted by Crippen LogP contribution is -2.45. The monoisotopic (exact) mass is 255 g/mol. The fourth-order valence-electron chi connectivity index (χ4n) is 1.88. The Morgan fingerprint density at radius 3 is 2.33 bits per heavy atom. The van der Waals surface area contributed by atoms with Gasteiger partial charge in [-0.05, 0) is 17.7 Å². The maximum Gasteiger partial charge on any atom is 0.269 e. The van der Waals surface area contributed by atoms with Crippen molar-refractivity contribution in [2.75, 3.05) is 0 Å². The van der Waals surface area contributed by atoms with Gasteiger partial charge in [0.25, 0.3) is 5.69 Å². The molecule has 0 bridgehead atoms. The third-order valence-corrected chi connectivity index (χ3v) is 2.92. The molecule has 18 heavy (non-hydrogen) atoms. The SMILES string of the molecule is O=[N+]([O-])c1ccc([C@@H]2C[C@H](O)[C@@H](O)C(O)O2)cc1. The topological polar surface area (TPSA) is 113 Å². The van der Waals surface area contributed by atoms with Crippen molar-refractivity contribution in [1.82, 2.24) is 0 Å². The van der Waals surface area contributed by atoms with E-state index in [2.05, 4.69) is 0 Å². The highest BCUT2D eigenvalue weighted by molar-refractivity contribution is 5.34. The Morgan fingerprint density at radius 2 is 1.83 bits per heavy atom. The summed E-state index contributed by atoms with van der Waals surface area (Å²) in [6.45, 7) is 0. The Morgan fingerprint density at radius 1 is 1.22 bits per heavy atom. The van der Waals surface area contributed by atoms with E-state index in [0.717, 1.165) is 0 Å². The summed E-state index contributed by atoms with van der Waals surface area (Å²) in [5.41, 5.74) is 0.557. The Kier molecular flexibility index (Phi) is 3.58. The lowest BCUT2D eigenvalue weighted by molar-refractivity contribution is -0.384. The molecule has 3 N–H and O–H groups in total. The first-order valence-electron chi connectivity index (χ1n) is 5.43. The van der Waals surface area contributed by atoms with Gasteiger partial charge in [0.1, 0.15) is 6.10 Å². The molecule has 0 amide bonds. The molecule has 0 aliphatic carbocycles. The normalized spacial score (nSPS) is 32.2. The number of ether oxygens (including phenoxy) is 1. The first-order chi connectivity index (χ1) is 8.49. The van der Waals surface area contributed by atoms with Crippen LogP contribution in [0.4, 0.5) is 5.69 Å². The van der Waals surface area contributed by atoms with Crippen molar-refractivity contribution in [2.24, 2.45) is 0 Å². The first kappa shape index (κ1) is 12.9. The molecule has 1 aliphatic heterocycles. The van der Waals surface area contributed by atoms with E-state index >= 15 is 0 Å². The molecule has 1 aromatic carbocycles. The predicted octanol–water partition coefficient (Wildman–Crippen LogP) is 0.0964.